The van der Waals surface area contributed by atoms with Crippen molar-refractivity contribution in [2.24, 2.45) is 22.7 Å². The van der Waals surface area contributed by atoms with E-state index in [-0.39, 0.29) is 46.6 Å². The second-order valence-electron chi connectivity index (χ2n) is 15.0. The number of fused-ring (bicyclic) bond motifs is 2. The van der Waals surface area contributed by atoms with E-state index in [0.29, 0.717) is 18.3 Å². The average Bonchev–Trinajstić information content (AvgIpc) is 3.70. The molecule has 1 saturated heterocycles. The second kappa shape index (κ2) is 9.83. The highest BCUT2D eigenvalue weighted by Crippen LogP contribution is 2.65. The van der Waals surface area contributed by atoms with Crippen LogP contribution in [-0.4, -0.2) is 41.0 Å². The Morgan fingerprint density at radius 3 is 2.74 bits per heavy atom. The summed E-state index contributed by atoms with van der Waals surface area (Å²) < 4.78 is 21.4. The number of nitrogens with zero attached hydrogens (tertiary/aromatic N) is 1. The number of ketones is 1. The highest BCUT2D eigenvalue weighted by molar-refractivity contribution is 6.48. The lowest BCUT2D eigenvalue weighted by Gasteiger charge is -2.64. The first-order valence-corrected chi connectivity index (χ1v) is 16.5. The molecule has 4 heterocycles. The summed E-state index contributed by atoms with van der Waals surface area (Å²) >= 11 is 0. The van der Waals surface area contributed by atoms with Crippen LogP contribution in [0.25, 0.3) is 11.0 Å². The van der Waals surface area contributed by atoms with Gasteiger partial charge in [-0.05, 0) is 86.0 Å². The Morgan fingerprint density at radius 2 is 1.93 bits per heavy atom. The number of carbonyl (C=O) groups is 2. The molecule has 8 heteroatoms. The number of Topliss-reactive ketones (excluding diaryl/α,β-unsaturated/α-hetero) is 1. The van der Waals surface area contributed by atoms with Gasteiger partial charge in [-0.1, -0.05) is 51.3 Å². The Kier molecular flexibility index (Phi) is 6.33. The van der Waals surface area contributed by atoms with Crippen LogP contribution >= 0.6 is 0 Å². The van der Waals surface area contributed by atoms with E-state index in [2.05, 4.69) is 36.7 Å². The van der Waals surface area contributed by atoms with Crippen LogP contribution in [0, 0.1) is 22.7 Å². The summed E-state index contributed by atoms with van der Waals surface area (Å²) in [6.07, 6.45) is 13.2. The number of furan rings is 1. The molecule has 0 radical (unpaired) electrons. The van der Waals surface area contributed by atoms with Gasteiger partial charge in [-0.15, -0.1) is 0 Å². The number of carbonyl (C=O) groups excluding carboxylic acids is 2. The molecule has 0 unspecified atom stereocenters. The molecule has 3 aromatic rings. The fourth-order valence-corrected chi connectivity index (χ4v) is 9.63. The lowest BCUT2D eigenvalue weighted by atomic mass is 9.43. The molecule has 2 aliphatic heterocycles. The number of amides is 1. The molecule has 4 saturated carbocycles. The number of rotatable bonds is 6. The number of benzene rings is 1. The zero-order valence-corrected chi connectivity index (χ0v) is 25.7. The molecule has 4 aliphatic carbocycles. The third-order valence-corrected chi connectivity index (χ3v) is 12.3. The van der Waals surface area contributed by atoms with E-state index in [9.17, 15) is 9.59 Å². The summed E-state index contributed by atoms with van der Waals surface area (Å²) in [4.78, 5) is 27.3. The maximum atomic E-state index is 13.7. The third-order valence-electron chi connectivity index (χ3n) is 12.3. The molecule has 1 N–H and O–H groups in total. The molecular formula is C35H43BN2O5. The zero-order valence-electron chi connectivity index (χ0n) is 25.7. The summed E-state index contributed by atoms with van der Waals surface area (Å²) in [5.41, 5.74) is 3.21. The van der Waals surface area contributed by atoms with Gasteiger partial charge in [0.05, 0.1) is 36.0 Å². The molecule has 226 valence electrons. The number of nitrogens with one attached hydrogen (secondary N) is 1. The van der Waals surface area contributed by atoms with Gasteiger partial charge in [0.15, 0.2) is 5.78 Å². The van der Waals surface area contributed by atoms with Crippen LogP contribution in [0.3, 0.4) is 0 Å². The van der Waals surface area contributed by atoms with Gasteiger partial charge in [-0.3, -0.25) is 9.59 Å². The van der Waals surface area contributed by atoms with Gasteiger partial charge >= 0.3 is 7.12 Å². The van der Waals surface area contributed by atoms with Crippen molar-refractivity contribution in [3.63, 3.8) is 0 Å². The molecule has 9 rings (SSSR count). The molecule has 1 aromatic carbocycles. The Hall–Kier alpha value is -2.84. The molecule has 2 aromatic heterocycles. The summed E-state index contributed by atoms with van der Waals surface area (Å²) in [5.74, 6) is 0.912. The van der Waals surface area contributed by atoms with Gasteiger partial charge in [-0.2, -0.15) is 0 Å². The lowest BCUT2D eigenvalue weighted by Crippen LogP contribution is -2.65. The topological polar surface area (TPSA) is 82.7 Å². The SMILES string of the molecule is CC1(C)[C@@H]2C[C@H]3OB([C@H](Cc4coc5ccccc45)NC(=O)Cc4cc5n(c4)CCC4(CCCCC4)C5=O)O[C@@]3(C)[C@H]1C2. The normalized spacial score (nSPS) is 31.0. The van der Waals surface area contributed by atoms with Crippen LogP contribution in [-0.2, 0) is 33.5 Å². The van der Waals surface area contributed by atoms with Gasteiger partial charge in [0, 0.05) is 23.5 Å². The van der Waals surface area contributed by atoms with Crippen molar-refractivity contribution in [1.82, 2.24) is 9.88 Å². The Morgan fingerprint density at radius 1 is 1.12 bits per heavy atom. The van der Waals surface area contributed by atoms with Crippen LogP contribution in [0.15, 0.2) is 47.2 Å². The number of para-hydroxylation sites is 1. The zero-order chi connectivity index (χ0) is 29.6. The molecule has 2 bridgehead atoms. The predicted molar refractivity (Wildman–Crippen MR) is 165 cm³/mol. The van der Waals surface area contributed by atoms with Gasteiger partial charge in [0.1, 0.15) is 5.58 Å². The first-order chi connectivity index (χ1) is 20.7. The van der Waals surface area contributed by atoms with Gasteiger partial charge in [0.25, 0.3) is 0 Å². The molecule has 6 aliphatic rings. The molecule has 1 amide bonds. The standard InChI is InChI=1S/C35H43BN2O5/c1-33(2)24-18-28(33)34(3)29(19-24)42-36(43-34)30(17-23-21-41-27-10-6-5-9-25(23)27)37-31(39)16-22-15-26-32(40)35(11-7-4-8-12-35)13-14-38(26)20-22/h5-6,9-10,15,20-21,24,28-30H,4,7-8,11-14,16-19H2,1-3H3,(H,37,39)/t24-,28-,29+,30-,34-/m0/s1. The van der Waals surface area contributed by atoms with Gasteiger partial charge in [0.2, 0.25) is 5.91 Å². The van der Waals surface area contributed by atoms with Gasteiger partial charge in [-0.25, -0.2) is 0 Å². The fraction of sp³-hybridized carbons (Fsp3) is 0.600. The molecule has 5 fully saturated rings. The monoisotopic (exact) mass is 582 g/mol. The van der Waals surface area contributed by atoms with Crippen LogP contribution in [0.5, 0.6) is 0 Å². The third kappa shape index (κ3) is 4.30. The second-order valence-corrected chi connectivity index (χ2v) is 15.0. The van der Waals surface area contributed by atoms with Crippen molar-refractivity contribution >= 4 is 29.8 Å². The van der Waals surface area contributed by atoms with Crippen LogP contribution in [0.1, 0.15) is 93.8 Å². The number of aryl methyl sites for hydroxylation is 1. The quantitative estimate of drug-likeness (QED) is 0.345. The largest absolute Gasteiger partial charge is 0.482 e. The number of hydrogen-bond donors (Lipinski definition) is 1. The van der Waals surface area contributed by atoms with Crippen molar-refractivity contribution < 1.29 is 23.3 Å². The van der Waals surface area contributed by atoms with E-state index in [1.54, 1.807) is 6.26 Å². The van der Waals surface area contributed by atoms with Crippen molar-refractivity contribution in [3.05, 3.63) is 59.6 Å². The maximum absolute atomic E-state index is 13.7. The minimum atomic E-state index is -0.544. The highest BCUT2D eigenvalue weighted by atomic mass is 16.7. The Labute approximate surface area is 254 Å². The highest BCUT2D eigenvalue weighted by Gasteiger charge is 2.68. The Bertz CT molecular complexity index is 1580. The van der Waals surface area contributed by atoms with E-state index >= 15 is 0 Å². The van der Waals surface area contributed by atoms with E-state index in [1.165, 1.54) is 12.8 Å². The fourth-order valence-electron chi connectivity index (χ4n) is 9.63. The average molecular weight is 583 g/mol. The summed E-state index contributed by atoms with van der Waals surface area (Å²) in [5, 5.41) is 4.35. The summed E-state index contributed by atoms with van der Waals surface area (Å²) in [6.45, 7) is 7.78. The first kappa shape index (κ1) is 27.7. The molecular weight excluding hydrogens is 539 g/mol. The molecule has 43 heavy (non-hydrogen) atoms. The molecule has 7 nitrogen and oxygen atoms in total. The summed E-state index contributed by atoms with van der Waals surface area (Å²) in [7, 11) is -0.544. The maximum Gasteiger partial charge on any atom is 0.482 e. The smallest absolute Gasteiger partial charge is 0.464 e. The van der Waals surface area contributed by atoms with Crippen molar-refractivity contribution in [2.45, 2.75) is 109 Å². The number of hydrogen-bond acceptors (Lipinski definition) is 5. The molecule has 5 atom stereocenters. The van der Waals surface area contributed by atoms with Crippen LogP contribution in [0.4, 0.5) is 0 Å². The first-order valence-electron chi connectivity index (χ1n) is 16.5. The summed E-state index contributed by atoms with van der Waals surface area (Å²) in [6, 6.07) is 9.96. The minimum Gasteiger partial charge on any atom is -0.464 e. The van der Waals surface area contributed by atoms with Crippen molar-refractivity contribution in [3.8, 4) is 0 Å². The van der Waals surface area contributed by atoms with Crippen molar-refractivity contribution in [2.75, 3.05) is 0 Å². The lowest BCUT2D eigenvalue weighted by molar-refractivity contribution is -0.199. The number of aromatic nitrogens is 1. The van der Waals surface area contributed by atoms with Crippen LogP contribution < -0.4 is 5.32 Å². The predicted octanol–water partition coefficient (Wildman–Crippen LogP) is 6.31. The minimum absolute atomic E-state index is 0.0334. The van der Waals surface area contributed by atoms with E-state index in [1.807, 2.05) is 30.5 Å². The van der Waals surface area contributed by atoms with Gasteiger partial charge < -0.3 is 23.6 Å². The Balaban J connectivity index is 1.03. The van der Waals surface area contributed by atoms with Crippen molar-refractivity contribution in [1.29, 1.82) is 0 Å². The molecule has 1 spiro atoms. The van der Waals surface area contributed by atoms with E-state index in [0.717, 1.165) is 72.9 Å². The van der Waals surface area contributed by atoms with Crippen LogP contribution in [0.2, 0.25) is 0 Å². The van der Waals surface area contributed by atoms with E-state index in [4.69, 9.17) is 13.7 Å². The van der Waals surface area contributed by atoms with E-state index < -0.39 is 7.12 Å².